The third kappa shape index (κ3) is 1.66. The van der Waals surface area contributed by atoms with Crippen LogP contribution >= 0.6 is 0 Å². The summed E-state index contributed by atoms with van der Waals surface area (Å²) in [4.78, 5) is 6.17. The molecule has 0 amide bonds. The zero-order valence-electron chi connectivity index (χ0n) is 12.1. The van der Waals surface area contributed by atoms with Gasteiger partial charge in [0, 0.05) is 29.7 Å². The van der Waals surface area contributed by atoms with Crippen molar-refractivity contribution in [2.45, 2.75) is 12.3 Å². The molecular weight excluding hydrogens is 272 g/mol. The molecule has 2 aliphatic rings. The lowest BCUT2D eigenvalue weighted by Gasteiger charge is -2.26. The monoisotopic (exact) mass is 289 g/mol. The predicted molar refractivity (Wildman–Crippen MR) is 82.6 cm³/mol. The van der Waals surface area contributed by atoms with Crippen molar-refractivity contribution >= 4 is 22.9 Å². The maximum atomic E-state index is 13.7. The Bertz CT molecular complexity index is 687. The van der Waals surface area contributed by atoms with E-state index in [-0.39, 0.29) is 0 Å². The van der Waals surface area contributed by atoms with Gasteiger partial charge >= 0.3 is 0 Å². The Morgan fingerprint density at radius 1 is 1.29 bits per heavy atom. The van der Waals surface area contributed by atoms with Gasteiger partial charge in [0.05, 0.1) is 11.1 Å². The maximum Gasteiger partial charge on any atom is 0.107 e. The second kappa shape index (κ2) is 4.41. The highest BCUT2D eigenvalue weighted by atomic mass is 19.1. The molecule has 0 saturated carbocycles. The number of amidine groups is 1. The minimum Gasteiger partial charge on any atom is -0.347 e. The van der Waals surface area contributed by atoms with Gasteiger partial charge in [0.2, 0.25) is 0 Å². The lowest BCUT2D eigenvalue weighted by Crippen LogP contribution is -2.33. The van der Waals surface area contributed by atoms with E-state index in [0.717, 1.165) is 22.8 Å². The second-order valence-corrected chi connectivity index (χ2v) is 5.54. The van der Waals surface area contributed by atoms with Gasteiger partial charge in [-0.1, -0.05) is 13.2 Å². The molecule has 0 radical (unpaired) electrons. The summed E-state index contributed by atoms with van der Waals surface area (Å²) in [6.45, 7) is 8.04. The Morgan fingerprint density at radius 3 is 2.57 bits per heavy atom. The van der Waals surface area contributed by atoms with Crippen LogP contribution in [0.25, 0.3) is 5.70 Å². The fourth-order valence-electron chi connectivity index (χ4n) is 3.02. The van der Waals surface area contributed by atoms with E-state index < -0.39 is 18.8 Å². The molecule has 3 nitrogen and oxygen atoms in total. The van der Waals surface area contributed by atoms with Gasteiger partial charge in [0.1, 0.15) is 19.2 Å². The van der Waals surface area contributed by atoms with Gasteiger partial charge in [-0.2, -0.15) is 0 Å². The minimum atomic E-state index is -1.30. The van der Waals surface area contributed by atoms with Crippen LogP contribution in [0, 0.1) is 0 Å². The minimum absolute atomic E-state index is 0.434. The largest absolute Gasteiger partial charge is 0.347 e. The topological polar surface area (TPSA) is 27.6 Å². The highest BCUT2D eigenvalue weighted by Gasteiger charge is 2.46. The summed E-state index contributed by atoms with van der Waals surface area (Å²) in [6, 6.07) is 3.63. The van der Waals surface area contributed by atoms with Gasteiger partial charge in [-0.3, -0.25) is 0 Å². The van der Waals surface area contributed by atoms with Crippen molar-refractivity contribution in [1.29, 1.82) is 0 Å². The number of alkyl halides is 2. The molecule has 5 heteroatoms. The average molecular weight is 289 g/mol. The maximum absolute atomic E-state index is 13.7. The first-order valence-electron chi connectivity index (χ1n) is 6.70. The summed E-state index contributed by atoms with van der Waals surface area (Å²) >= 11 is 0. The molecule has 0 aliphatic carbocycles. The molecule has 0 bridgehead atoms. The van der Waals surface area contributed by atoms with Crippen LogP contribution in [-0.2, 0) is 5.41 Å². The van der Waals surface area contributed by atoms with Gasteiger partial charge in [0.15, 0.2) is 0 Å². The van der Waals surface area contributed by atoms with Gasteiger partial charge in [0.25, 0.3) is 0 Å². The number of hydrogen-bond donors (Lipinski definition) is 1. The zero-order valence-corrected chi connectivity index (χ0v) is 12.1. The molecule has 0 saturated heterocycles. The van der Waals surface area contributed by atoms with Crippen molar-refractivity contribution in [2.24, 2.45) is 4.99 Å². The number of aliphatic imine (C=N–C) groups is 1. The summed E-state index contributed by atoms with van der Waals surface area (Å²) in [5.41, 5.74) is 2.71. The molecule has 2 heterocycles. The van der Waals surface area contributed by atoms with Crippen molar-refractivity contribution in [3.8, 4) is 0 Å². The summed E-state index contributed by atoms with van der Waals surface area (Å²) < 4.78 is 27.3. The number of hydrogen-bond acceptors (Lipinski definition) is 3. The highest BCUT2D eigenvalue weighted by molar-refractivity contribution is 5.97. The zero-order chi connectivity index (χ0) is 15.4. The van der Waals surface area contributed by atoms with Crippen LogP contribution in [0.15, 0.2) is 36.0 Å². The van der Waals surface area contributed by atoms with Crippen molar-refractivity contribution in [1.82, 2.24) is 5.32 Å². The molecule has 0 aromatic heterocycles. The number of anilines is 1. The second-order valence-electron chi connectivity index (χ2n) is 5.54. The molecule has 0 atom stereocenters. The van der Waals surface area contributed by atoms with E-state index in [0.29, 0.717) is 17.0 Å². The highest BCUT2D eigenvalue weighted by Crippen LogP contribution is 2.50. The molecule has 1 N–H and O–H groups in total. The van der Waals surface area contributed by atoms with Crippen LogP contribution in [0.3, 0.4) is 0 Å². The molecule has 1 aromatic carbocycles. The van der Waals surface area contributed by atoms with Crippen LogP contribution in [0.1, 0.15) is 18.1 Å². The van der Waals surface area contributed by atoms with Crippen LogP contribution < -0.4 is 10.2 Å². The molecule has 3 rings (SSSR count). The Labute approximate surface area is 122 Å². The van der Waals surface area contributed by atoms with E-state index in [9.17, 15) is 8.78 Å². The molecular formula is C16H17F2N3. The Kier molecular flexibility index (Phi) is 2.90. The Morgan fingerprint density at radius 2 is 1.95 bits per heavy atom. The third-order valence-corrected chi connectivity index (χ3v) is 4.35. The first kappa shape index (κ1) is 13.8. The number of halogens is 2. The summed E-state index contributed by atoms with van der Waals surface area (Å²) in [5, 5.41) is 3.04. The van der Waals surface area contributed by atoms with Crippen LogP contribution in [0.4, 0.5) is 20.2 Å². The fourth-order valence-corrected chi connectivity index (χ4v) is 3.02. The van der Waals surface area contributed by atoms with Crippen molar-refractivity contribution in [3.63, 3.8) is 0 Å². The molecule has 2 aliphatic heterocycles. The Balaban J connectivity index is 2.29. The van der Waals surface area contributed by atoms with E-state index in [1.165, 1.54) is 0 Å². The standard InChI is InChI=1S/C16H17F2N3/c1-9-12-5-13-15(6-14(12)20-11(3)19-9)21(4)10(2)16(13,7-17)8-18/h5-6H,1-2,7-8H2,3-4H3,(H,19,20). The molecule has 0 spiro atoms. The number of fused-ring (bicyclic) bond motifs is 2. The summed E-state index contributed by atoms with van der Waals surface area (Å²) in [6.07, 6.45) is 0. The number of likely N-dealkylation sites (N-methyl/N-ethyl adjacent to an activating group) is 1. The fraction of sp³-hybridized carbons (Fsp3) is 0.312. The molecule has 0 fully saturated rings. The van der Waals surface area contributed by atoms with Crippen molar-refractivity contribution < 1.29 is 8.78 Å². The van der Waals surface area contributed by atoms with E-state index in [1.807, 2.05) is 13.0 Å². The van der Waals surface area contributed by atoms with Gasteiger partial charge in [-0.15, -0.1) is 0 Å². The number of rotatable bonds is 2. The predicted octanol–water partition coefficient (Wildman–Crippen LogP) is 3.45. The first-order valence-corrected chi connectivity index (χ1v) is 6.70. The van der Waals surface area contributed by atoms with Crippen molar-refractivity contribution in [2.75, 3.05) is 25.3 Å². The average Bonchev–Trinajstić information content (AvgIpc) is 2.66. The Hall–Kier alpha value is -2.17. The van der Waals surface area contributed by atoms with E-state index >= 15 is 0 Å². The molecule has 1 aromatic rings. The van der Waals surface area contributed by atoms with E-state index in [4.69, 9.17) is 0 Å². The summed E-state index contributed by atoms with van der Waals surface area (Å²) in [5.74, 6) is 0.745. The van der Waals surface area contributed by atoms with Crippen LogP contribution in [-0.4, -0.2) is 26.2 Å². The number of benzene rings is 1. The van der Waals surface area contributed by atoms with Crippen LogP contribution in [0.5, 0.6) is 0 Å². The summed E-state index contributed by atoms with van der Waals surface area (Å²) in [7, 11) is 1.77. The number of nitrogens with zero attached hydrogens (tertiary/aromatic N) is 2. The third-order valence-electron chi connectivity index (χ3n) is 4.35. The lowest BCUT2D eigenvalue weighted by molar-refractivity contribution is 0.280. The van der Waals surface area contributed by atoms with Gasteiger partial charge < -0.3 is 10.2 Å². The smallest absolute Gasteiger partial charge is 0.107 e. The molecule has 0 unspecified atom stereocenters. The SMILES string of the molecule is C=C1NC(C)=Nc2cc3c(cc21)C(CF)(CF)C(=C)N3C. The first-order chi connectivity index (χ1) is 9.94. The quantitative estimate of drug-likeness (QED) is 0.903. The normalized spacial score (nSPS) is 19.0. The molecule has 110 valence electrons. The van der Waals surface area contributed by atoms with E-state index in [1.54, 1.807) is 18.0 Å². The molecule has 21 heavy (non-hydrogen) atoms. The number of nitrogens with one attached hydrogen (secondary N) is 1. The van der Waals surface area contributed by atoms with Gasteiger partial charge in [-0.05, 0) is 24.6 Å². The lowest BCUT2D eigenvalue weighted by atomic mass is 9.81. The van der Waals surface area contributed by atoms with Crippen molar-refractivity contribution in [3.05, 3.63) is 42.1 Å². The van der Waals surface area contributed by atoms with Crippen LogP contribution in [0.2, 0.25) is 0 Å². The number of allylic oxidation sites excluding steroid dienone is 1. The van der Waals surface area contributed by atoms with Gasteiger partial charge in [-0.25, -0.2) is 13.8 Å². The van der Waals surface area contributed by atoms with E-state index in [2.05, 4.69) is 23.5 Å².